The lowest BCUT2D eigenvalue weighted by Gasteiger charge is -2.03. The minimum Gasteiger partial charge on any atom is -0.302 e. The predicted molar refractivity (Wildman–Crippen MR) is 110 cm³/mol. The van der Waals surface area contributed by atoms with Crippen molar-refractivity contribution in [1.82, 2.24) is 4.98 Å². The Kier molecular flexibility index (Phi) is 4.91. The van der Waals surface area contributed by atoms with Gasteiger partial charge >= 0.3 is 0 Å². The molecule has 0 aliphatic rings. The molecule has 26 heavy (non-hydrogen) atoms. The molecule has 0 saturated heterocycles. The van der Waals surface area contributed by atoms with E-state index in [4.69, 9.17) is 0 Å². The standard InChI is InChI=1S/C21H16N2OS2/c24-20(12-15-10-11-25-13-15)23-21-22-19(14-26-21)18-8-6-17(7-9-18)16-4-2-1-3-5-16/h1-11,13-14H,12H2,(H,22,23,24). The monoisotopic (exact) mass is 376 g/mol. The molecule has 4 rings (SSSR count). The normalized spacial score (nSPS) is 10.6. The van der Waals surface area contributed by atoms with E-state index >= 15 is 0 Å². The molecular weight excluding hydrogens is 360 g/mol. The number of amides is 1. The highest BCUT2D eigenvalue weighted by Crippen LogP contribution is 2.27. The lowest BCUT2D eigenvalue weighted by molar-refractivity contribution is -0.115. The van der Waals surface area contributed by atoms with Crippen LogP contribution in [0.4, 0.5) is 5.13 Å². The van der Waals surface area contributed by atoms with Crippen molar-refractivity contribution in [3.63, 3.8) is 0 Å². The Balaban J connectivity index is 1.45. The molecule has 0 aliphatic carbocycles. The number of benzene rings is 2. The summed E-state index contributed by atoms with van der Waals surface area (Å²) in [6.07, 6.45) is 0.379. The number of anilines is 1. The van der Waals surface area contributed by atoms with Gasteiger partial charge in [-0.3, -0.25) is 4.79 Å². The Bertz CT molecular complexity index is 990. The number of carbonyl (C=O) groups excluding carboxylic acids is 1. The molecule has 0 radical (unpaired) electrons. The number of hydrogen-bond donors (Lipinski definition) is 1. The van der Waals surface area contributed by atoms with E-state index in [1.165, 1.54) is 22.5 Å². The number of aromatic nitrogens is 1. The van der Waals surface area contributed by atoms with Gasteiger partial charge in [0.2, 0.25) is 5.91 Å². The van der Waals surface area contributed by atoms with Crippen LogP contribution in [0.2, 0.25) is 0 Å². The SMILES string of the molecule is O=C(Cc1ccsc1)Nc1nc(-c2ccc(-c3ccccc3)cc2)cs1. The van der Waals surface area contributed by atoms with E-state index < -0.39 is 0 Å². The van der Waals surface area contributed by atoms with Crippen molar-refractivity contribution in [2.45, 2.75) is 6.42 Å². The van der Waals surface area contributed by atoms with Crippen molar-refractivity contribution in [2.75, 3.05) is 5.32 Å². The summed E-state index contributed by atoms with van der Waals surface area (Å²) in [5, 5.41) is 9.45. The van der Waals surface area contributed by atoms with Gasteiger partial charge in [0, 0.05) is 10.9 Å². The fourth-order valence-corrected chi connectivity index (χ4v) is 4.07. The number of thiazole rings is 1. The first-order valence-electron chi connectivity index (χ1n) is 8.20. The predicted octanol–water partition coefficient (Wildman–Crippen LogP) is 5.72. The van der Waals surface area contributed by atoms with Gasteiger partial charge in [-0.1, -0.05) is 54.6 Å². The summed E-state index contributed by atoms with van der Waals surface area (Å²) in [4.78, 5) is 16.6. The van der Waals surface area contributed by atoms with Crippen molar-refractivity contribution in [1.29, 1.82) is 0 Å². The largest absolute Gasteiger partial charge is 0.302 e. The van der Waals surface area contributed by atoms with Crippen molar-refractivity contribution in [3.05, 3.63) is 82.4 Å². The third kappa shape index (κ3) is 3.90. The average molecular weight is 377 g/mol. The summed E-state index contributed by atoms with van der Waals surface area (Å²) in [5.41, 5.74) is 5.31. The molecule has 0 bridgehead atoms. The maximum atomic E-state index is 12.1. The second kappa shape index (κ2) is 7.64. The van der Waals surface area contributed by atoms with Crippen molar-refractivity contribution < 1.29 is 4.79 Å². The Morgan fingerprint density at radius 2 is 1.62 bits per heavy atom. The molecule has 0 saturated carbocycles. The molecule has 2 heterocycles. The van der Waals surface area contributed by atoms with Gasteiger partial charge in [0.05, 0.1) is 12.1 Å². The smallest absolute Gasteiger partial charge is 0.230 e. The van der Waals surface area contributed by atoms with Crippen LogP contribution in [0.15, 0.2) is 76.8 Å². The highest BCUT2D eigenvalue weighted by molar-refractivity contribution is 7.14. The van der Waals surface area contributed by atoms with Crippen molar-refractivity contribution in [3.8, 4) is 22.4 Å². The Labute approximate surface area is 160 Å². The zero-order valence-electron chi connectivity index (χ0n) is 13.9. The number of thiophene rings is 1. The fourth-order valence-electron chi connectivity index (χ4n) is 2.67. The van der Waals surface area contributed by atoms with E-state index in [0.29, 0.717) is 11.6 Å². The molecule has 0 aliphatic heterocycles. The van der Waals surface area contributed by atoms with E-state index in [0.717, 1.165) is 16.8 Å². The summed E-state index contributed by atoms with van der Waals surface area (Å²) in [7, 11) is 0. The topological polar surface area (TPSA) is 42.0 Å². The molecule has 128 valence electrons. The highest BCUT2D eigenvalue weighted by Gasteiger charge is 2.09. The quantitative estimate of drug-likeness (QED) is 0.484. The van der Waals surface area contributed by atoms with Crippen LogP contribution in [0, 0.1) is 0 Å². The zero-order chi connectivity index (χ0) is 17.8. The molecule has 1 N–H and O–H groups in total. The highest BCUT2D eigenvalue weighted by atomic mass is 32.1. The number of carbonyl (C=O) groups is 1. The van der Waals surface area contributed by atoms with E-state index in [9.17, 15) is 4.79 Å². The molecule has 0 unspecified atom stereocenters. The molecule has 5 heteroatoms. The first-order valence-corrected chi connectivity index (χ1v) is 10.0. The fraction of sp³-hybridized carbons (Fsp3) is 0.0476. The maximum Gasteiger partial charge on any atom is 0.230 e. The van der Waals surface area contributed by atoms with Crippen LogP contribution in [-0.4, -0.2) is 10.9 Å². The molecule has 0 spiro atoms. The van der Waals surface area contributed by atoms with E-state index in [-0.39, 0.29) is 5.91 Å². The maximum absolute atomic E-state index is 12.1. The van der Waals surface area contributed by atoms with Gasteiger partial charge in [-0.25, -0.2) is 4.98 Å². The van der Waals surface area contributed by atoms with Crippen LogP contribution in [0.3, 0.4) is 0 Å². The first kappa shape index (κ1) is 16.7. The Morgan fingerprint density at radius 3 is 2.35 bits per heavy atom. The third-order valence-electron chi connectivity index (χ3n) is 3.98. The minimum absolute atomic E-state index is 0.0382. The van der Waals surface area contributed by atoms with Gasteiger partial charge in [-0.2, -0.15) is 11.3 Å². The number of hydrogen-bond acceptors (Lipinski definition) is 4. The number of nitrogens with one attached hydrogen (secondary N) is 1. The molecule has 2 aromatic carbocycles. The minimum atomic E-state index is -0.0382. The van der Waals surface area contributed by atoms with Crippen LogP contribution in [0.5, 0.6) is 0 Å². The van der Waals surface area contributed by atoms with Crippen LogP contribution >= 0.6 is 22.7 Å². The van der Waals surface area contributed by atoms with Gasteiger partial charge in [-0.15, -0.1) is 11.3 Å². The van der Waals surface area contributed by atoms with Gasteiger partial charge in [-0.05, 0) is 33.5 Å². The molecule has 1 amide bonds. The lowest BCUT2D eigenvalue weighted by Crippen LogP contribution is -2.13. The van der Waals surface area contributed by atoms with E-state index in [1.54, 1.807) is 11.3 Å². The van der Waals surface area contributed by atoms with E-state index in [1.807, 2.05) is 40.4 Å². The van der Waals surface area contributed by atoms with Gasteiger partial charge in [0.15, 0.2) is 5.13 Å². The van der Waals surface area contributed by atoms with E-state index in [2.05, 4.69) is 46.7 Å². The van der Waals surface area contributed by atoms with Crippen LogP contribution in [0.25, 0.3) is 22.4 Å². The molecular formula is C21H16N2OS2. The molecule has 0 atom stereocenters. The molecule has 2 aromatic heterocycles. The van der Waals surface area contributed by atoms with Crippen LogP contribution < -0.4 is 5.32 Å². The summed E-state index contributed by atoms with van der Waals surface area (Å²) in [6.45, 7) is 0. The van der Waals surface area contributed by atoms with Gasteiger partial charge in [0.25, 0.3) is 0 Å². The number of rotatable bonds is 5. The molecule has 4 aromatic rings. The first-order chi connectivity index (χ1) is 12.8. The number of nitrogens with zero attached hydrogens (tertiary/aromatic N) is 1. The van der Waals surface area contributed by atoms with Gasteiger partial charge in [0.1, 0.15) is 0 Å². The summed E-state index contributed by atoms with van der Waals surface area (Å²) in [5.74, 6) is -0.0382. The Hall–Kier alpha value is -2.76. The van der Waals surface area contributed by atoms with Crippen LogP contribution in [-0.2, 0) is 11.2 Å². The second-order valence-electron chi connectivity index (χ2n) is 5.84. The third-order valence-corrected chi connectivity index (χ3v) is 5.47. The average Bonchev–Trinajstić information content (AvgIpc) is 3.35. The van der Waals surface area contributed by atoms with Gasteiger partial charge < -0.3 is 5.32 Å². The Morgan fingerprint density at radius 1 is 0.885 bits per heavy atom. The second-order valence-corrected chi connectivity index (χ2v) is 7.48. The summed E-state index contributed by atoms with van der Waals surface area (Å²) in [6, 6.07) is 20.6. The molecule has 0 fully saturated rings. The summed E-state index contributed by atoms with van der Waals surface area (Å²) < 4.78 is 0. The van der Waals surface area contributed by atoms with Crippen LogP contribution in [0.1, 0.15) is 5.56 Å². The van der Waals surface area contributed by atoms with Crippen molar-refractivity contribution >= 4 is 33.7 Å². The zero-order valence-corrected chi connectivity index (χ0v) is 15.5. The molecule has 3 nitrogen and oxygen atoms in total. The summed E-state index contributed by atoms with van der Waals surface area (Å²) >= 11 is 3.04. The van der Waals surface area contributed by atoms with Crippen molar-refractivity contribution in [2.24, 2.45) is 0 Å². The lowest BCUT2D eigenvalue weighted by atomic mass is 10.0.